The molecule has 5 heteroatoms. The maximum absolute atomic E-state index is 11.9. The molecule has 0 fully saturated rings. The number of aromatic nitrogens is 2. The molecule has 0 atom stereocenters. The van der Waals surface area contributed by atoms with Gasteiger partial charge in [-0.25, -0.2) is 4.98 Å². The number of hydrogen-bond donors (Lipinski definition) is 2. The van der Waals surface area contributed by atoms with Gasteiger partial charge in [-0.1, -0.05) is 12.1 Å². The molecule has 0 saturated heterocycles. The minimum atomic E-state index is -0.173. The van der Waals surface area contributed by atoms with Crippen molar-refractivity contribution in [3.8, 4) is 0 Å². The van der Waals surface area contributed by atoms with Gasteiger partial charge in [-0.3, -0.25) is 9.78 Å². The molecule has 0 saturated carbocycles. The fourth-order valence-corrected chi connectivity index (χ4v) is 1.64. The Morgan fingerprint density at radius 2 is 2.11 bits per heavy atom. The van der Waals surface area contributed by atoms with Crippen molar-refractivity contribution >= 4 is 11.7 Å². The van der Waals surface area contributed by atoms with E-state index in [1.165, 1.54) is 0 Å². The van der Waals surface area contributed by atoms with Crippen LogP contribution in [0.2, 0.25) is 0 Å². The predicted molar refractivity (Wildman–Crippen MR) is 74.1 cm³/mol. The van der Waals surface area contributed by atoms with Crippen molar-refractivity contribution in [3.63, 3.8) is 0 Å². The van der Waals surface area contributed by atoms with Gasteiger partial charge in [-0.2, -0.15) is 0 Å². The first kappa shape index (κ1) is 13.0. The number of carbonyl (C=O) groups is 1. The van der Waals surface area contributed by atoms with Crippen molar-refractivity contribution in [2.75, 3.05) is 18.9 Å². The van der Waals surface area contributed by atoms with Crippen molar-refractivity contribution in [1.29, 1.82) is 0 Å². The SMILES string of the molecule is CNc1cccc(C(=O)NCCc2ccccn2)n1. The molecule has 2 rings (SSSR count). The monoisotopic (exact) mass is 256 g/mol. The third kappa shape index (κ3) is 3.77. The van der Waals surface area contributed by atoms with Gasteiger partial charge >= 0.3 is 0 Å². The maximum atomic E-state index is 11.9. The Bertz CT molecular complexity index is 542. The van der Waals surface area contributed by atoms with Crippen molar-refractivity contribution < 1.29 is 4.79 Å². The van der Waals surface area contributed by atoms with Crippen LogP contribution in [-0.4, -0.2) is 29.5 Å². The molecule has 0 aliphatic rings. The van der Waals surface area contributed by atoms with Gasteiger partial charge < -0.3 is 10.6 Å². The summed E-state index contributed by atoms with van der Waals surface area (Å²) >= 11 is 0. The second kappa shape index (κ2) is 6.49. The minimum Gasteiger partial charge on any atom is -0.373 e. The van der Waals surface area contributed by atoms with Crippen LogP contribution in [0.3, 0.4) is 0 Å². The fourth-order valence-electron chi connectivity index (χ4n) is 1.64. The molecule has 19 heavy (non-hydrogen) atoms. The standard InChI is InChI=1S/C14H16N4O/c1-15-13-7-4-6-12(18-13)14(19)17-10-8-11-5-2-3-9-16-11/h2-7,9H,8,10H2,1H3,(H,15,18)(H,17,19). The molecule has 98 valence electrons. The lowest BCUT2D eigenvalue weighted by atomic mass is 10.2. The van der Waals surface area contributed by atoms with Crippen LogP contribution in [0.4, 0.5) is 5.82 Å². The van der Waals surface area contributed by atoms with E-state index in [1.54, 1.807) is 25.4 Å². The lowest BCUT2D eigenvalue weighted by Crippen LogP contribution is -2.26. The molecule has 0 unspecified atom stereocenters. The number of amides is 1. The van der Waals surface area contributed by atoms with Crippen LogP contribution in [0.1, 0.15) is 16.2 Å². The Balaban J connectivity index is 1.87. The quantitative estimate of drug-likeness (QED) is 0.850. The Labute approximate surface area is 112 Å². The first-order valence-corrected chi connectivity index (χ1v) is 6.12. The number of nitrogens with one attached hydrogen (secondary N) is 2. The van der Waals surface area contributed by atoms with Crippen LogP contribution in [0.15, 0.2) is 42.6 Å². The first-order chi connectivity index (χ1) is 9.29. The summed E-state index contributed by atoms with van der Waals surface area (Å²) in [6.07, 6.45) is 2.45. The molecule has 2 N–H and O–H groups in total. The lowest BCUT2D eigenvalue weighted by Gasteiger charge is -2.05. The van der Waals surface area contributed by atoms with Gasteiger partial charge in [-0.05, 0) is 24.3 Å². The van der Waals surface area contributed by atoms with Gasteiger partial charge in [0.2, 0.25) is 0 Å². The molecule has 2 heterocycles. The van der Waals surface area contributed by atoms with Crippen LogP contribution in [0.5, 0.6) is 0 Å². The van der Waals surface area contributed by atoms with Crippen LogP contribution >= 0.6 is 0 Å². The minimum absolute atomic E-state index is 0.173. The van der Waals surface area contributed by atoms with Gasteiger partial charge in [0.15, 0.2) is 0 Å². The van der Waals surface area contributed by atoms with E-state index >= 15 is 0 Å². The van der Waals surface area contributed by atoms with Gasteiger partial charge in [0, 0.05) is 31.9 Å². The van der Waals surface area contributed by atoms with Crippen molar-refractivity contribution in [2.24, 2.45) is 0 Å². The Hall–Kier alpha value is -2.43. The molecule has 1 amide bonds. The summed E-state index contributed by atoms with van der Waals surface area (Å²) in [5, 5.41) is 5.73. The van der Waals surface area contributed by atoms with E-state index in [9.17, 15) is 4.79 Å². The molecule has 0 bridgehead atoms. The fraction of sp³-hybridized carbons (Fsp3) is 0.214. The number of nitrogens with zero attached hydrogens (tertiary/aromatic N) is 2. The van der Waals surface area contributed by atoms with Gasteiger partial charge in [0.25, 0.3) is 5.91 Å². The molecule has 2 aromatic rings. The van der Waals surface area contributed by atoms with E-state index in [-0.39, 0.29) is 5.91 Å². The summed E-state index contributed by atoms with van der Waals surface area (Å²) in [7, 11) is 1.77. The van der Waals surface area contributed by atoms with E-state index in [2.05, 4.69) is 20.6 Å². The molecular weight excluding hydrogens is 240 g/mol. The average Bonchev–Trinajstić information content (AvgIpc) is 2.48. The molecule has 0 aliphatic heterocycles. The summed E-state index contributed by atoms with van der Waals surface area (Å²) in [6.45, 7) is 0.543. The maximum Gasteiger partial charge on any atom is 0.269 e. The van der Waals surface area contributed by atoms with Crippen LogP contribution < -0.4 is 10.6 Å². The van der Waals surface area contributed by atoms with Crippen molar-refractivity contribution in [1.82, 2.24) is 15.3 Å². The Morgan fingerprint density at radius 1 is 1.21 bits per heavy atom. The zero-order valence-electron chi connectivity index (χ0n) is 10.8. The molecule has 0 spiro atoms. The summed E-state index contributed by atoms with van der Waals surface area (Å²) in [4.78, 5) is 20.3. The molecule has 0 radical (unpaired) electrons. The van der Waals surface area contributed by atoms with E-state index in [0.29, 0.717) is 24.5 Å². The predicted octanol–water partition coefficient (Wildman–Crippen LogP) is 1.49. The zero-order valence-corrected chi connectivity index (χ0v) is 10.8. The summed E-state index contributed by atoms with van der Waals surface area (Å²) < 4.78 is 0. The van der Waals surface area contributed by atoms with Crippen molar-refractivity contribution in [2.45, 2.75) is 6.42 Å². The van der Waals surface area contributed by atoms with Gasteiger partial charge in [0.05, 0.1) is 0 Å². The van der Waals surface area contributed by atoms with E-state index in [0.717, 1.165) is 5.69 Å². The van der Waals surface area contributed by atoms with E-state index in [4.69, 9.17) is 0 Å². The topological polar surface area (TPSA) is 66.9 Å². The zero-order chi connectivity index (χ0) is 13.5. The van der Waals surface area contributed by atoms with Crippen LogP contribution in [0.25, 0.3) is 0 Å². The second-order valence-corrected chi connectivity index (χ2v) is 3.99. The number of anilines is 1. The second-order valence-electron chi connectivity index (χ2n) is 3.99. The van der Waals surface area contributed by atoms with Crippen LogP contribution in [0, 0.1) is 0 Å². The molecule has 2 aromatic heterocycles. The van der Waals surface area contributed by atoms with Crippen LogP contribution in [-0.2, 0) is 6.42 Å². The molecular formula is C14H16N4O. The summed E-state index contributed by atoms with van der Waals surface area (Å²) in [5.41, 5.74) is 1.37. The normalized spacial score (nSPS) is 9.95. The highest BCUT2D eigenvalue weighted by molar-refractivity contribution is 5.92. The molecule has 0 aromatic carbocycles. The lowest BCUT2D eigenvalue weighted by molar-refractivity contribution is 0.0949. The molecule has 0 aliphatic carbocycles. The Kier molecular flexibility index (Phi) is 4.44. The van der Waals surface area contributed by atoms with E-state index in [1.807, 2.05) is 24.3 Å². The summed E-state index contributed by atoms with van der Waals surface area (Å²) in [6, 6.07) is 11.0. The number of hydrogen-bond acceptors (Lipinski definition) is 4. The third-order valence-corrected chi connectivity index (χ3v) is 2.63. The highest BCUT2D eigenvalue weighted by atomic mass is 16.1. The average molecular weight is 256 g/mol. The smallest absolute Gasteiger partial charge is 0.269 e. The molecule has 5 nitrogen and oxygen atoms in total. The third-order valence-electron chi connectivity index (χ3n) is 2.63. The number of carbonyl (C=O) groups excluding carboxylic acids is 1. The number of pyridine rings is 2. The van der Waals surface area contributed by atoms with E-state index < -0.39 is 0 Å². The summed E-state index contributed by atoms with van der Waals surface area (Å²) in [5.74, 6) is 0.505. The largest absolute Gasteiger partial charge is 0.373 e. The Morgan fingerprint density at radius 3 is 2.84 bits per heavy atom. The van der Waals surface area contributed by atoms with Gasteiger partial charge in [-0.15, -0.1) is 0 Å². The first-order valence-electron chi connectivity index (χ1n) is 6.12. The van der Waals surface area contributed by atoms with Gasteiger partial charge in [0.1, 0.15) is 11.5 Å². The number of rotatable bonds is 5. The highest BCUT2D eigenvalue weighted by Gasteiger charge is 2.06. The highest BCUT2D eigenvalue weighted by Crippen LogP contribution is 2.03. The van der Waals surface area contributed by atoms with Crippen molar-refractivity contribution in [3.05, 3.63) is 54.0 Å².